The number of nitrogens with zero attached hydrogens (tertiary/aromatic N) is 5. The molecule has 0 spiro atoms. The summed E-state index contributed by atoms with van der Waals surface area (Å²) in [5.74, 6) is 0.872. The molecule has 0 saturated heterocycles. The number of carbonyl (C=O) groups is 1. The van der Waals surface area contributed by atoms with E-state index in [1.165, 1.54) is 4.90 Å². The lowest BCUT2D eigenvalue weighted by Gasteiger charge is -2.38. The number of likely N-dealkylation sites (N-methyl/N-ethyl adjacent to an activating group) is 1. The summed E-state index contributed by atoms with van der Waals surface area (Å²) in [5, 5.41) is 9.89. The fraction of sp³-hybridized carbons (Fsp3) is 0.476. The molecule has 1 atom stereocenters. The minimum absolute atomic E-state index is 0.0208. The number of aromatic nitrogens is 2. The fourth-order valence-electron chi connectivity index (χ4n) is 3.90. The average molecular weight is 399 g/mol. The molecule has 0 saturated carbocycles. The van der Waals surface area contributed by atoms with Crippen molar-refractivity contribution in [3.05, 3.63) is 36.0 Å². The molecule has 8 nitrogen and oxygen atoms in total. The van der Waals surface area contributed by atoms with E-state index in [9.17, 15) is 9.90 Å². The maximum absolute atomic E-state index is 12.1. The average Bonchev–Trinajstić information content (AvgIpc) is 3.03. The van der Waals surface area contributed by atoms with Crippen LogP contribution in [0.25, 0.3) is 0 Å². The largest absolute Gasteiger partial charge is 0.465 e. The first-order valence-corrected chi connectivity index (χ1v) is 9.74. The maximum atomic E-state index is 12.1. The van der Waals surface area contributed by atoms with Crippen molar-refractivity contribution in [2.24, 2.45) is 5.41 Å². The zero-order valence-electron chi connectivity index (χ0n) is 17.8. The molecule has 3 rings (SSSR count). The molecule has 3 N–H and O–H groups in total. The van der Waals surface area contributed by atoms with E-state index in [-0.39, 0.29) is 11.5 Å². The first-order chi connectivity index (χ1) is 13.6. The van der Waals surface area contributed by atoms with Crippen LogP contribution < -0.4 is 15.5 Å². The highest BCUT2D eigenvalue weighted by molar-refractivity contribution is 5.85. The molecular weight excluding hydrogens is 368 g/mol. The molecule has 29 heavy (non-hydrogen) atoms. The lowest BCUT2D eigenvalue weighted by atomic mass is 9.85. The fourth-order valence-corrected chi connectivity index (χ4v) is 3.90. The number of fused-ring (bicyclic) bond motifs is 1. The van der Waals surface area contributed by atoms with E-state index in [1.54, 1.807) is 12.3 Å². The van der Waals surface area contributed by atoms with E-state index < -0.39 is 6.09 Å². The van der Waals surface area contributed by atoms with Crippen molar-refractivity contribution in [1.29, 1.82) is 0 Å². The molecule has 1 aromatic carbocycles. The van der Waals surface area contributed by atoms with Crippen molar-refractivity contribution >= 4 is 29.2 Å². The topological polar surface area (TPSA) is 98.8 Å². The van der Waals surface area contributed by atoms with Gasteiger partial charge in [-0.2, -0.15) is 4.98 Å². The van der Waals surface area contributed by atoms with Gasteiger partial charge in [-0.25, -0.2) is 9.78 Å². The zero-order chi connectivity index (χ0) is 21.3. The monoisotopic (exact) mass is 398 g/mol. The molecule has 0 radical (unpaired) electrons. The highest BCUT2D eigenvalue weighted by Gasteiger charge is 2.32. The summed E-state index contributed by atoms with van der Waals surface area (Å²) in [6.45, 7) is 7.37. The second-order valence-electron chi connectivity index (χ2n) is 8.74. The number of nitrogen functional groups attached to an aromatic ring is 1. The molecule has 2 aromatic rings. The molecule has 8 heteroatoms. The molecule has 0 fully saturated rings. The molecule has 1 unspecified atom stereocenters. The van der Waals surface area contributed by atoms with Crippen molar-refractivity contribution in [2.45, 2.75) is 33.2 Å². The molecule has 1 amide bonds. The predicted molar refractivity (Wildman–Crippen MR) is 116 cm³/mol. The summed E-state index contributed by atoms with van der Waals surface area (Å²) in [6, 6.07) is 7.45. The summed E-state index contributed by atoms with van der Waals surface area (Å²) < 4.78 is 0. The minimum Gasteiger partial charge on any atom is -0.465 e. The molecule has 0 aliphatic carbocycles. The number of amides is 1. The van der Waals surface area contributed by atoms with E-state index in [1.807, 2.05) is 37.2 Å². The predicted octanol–water partition coefficient (Wildman–Crippen LogP) is 3.21. The van der Waals surface area contributed by atoms with Gasteiger partial charge in [0.15, 0.2) is 0 Å². The third-order valence-electron chi connectivity index (χ3n) is 5.35. The second-order valence-corrected chi connectivity index (χ2v) is 8.74. The van der Waals surface area contributed by atoms with Gasteiger partial charge in [0.05, 0.1) is 0 Å². The molecule has 0 bridgehead atoms. The maximum Gasteiger partial charge on any atom is 0.413 e. The molecule has 156 valence electrons. The second kappa shape index (κ2) is 7.87. The standard InChI is InChI=1S/C21H30N6O2/c1-21(2,3)17(25(4)5)13-27(20(28)29)18-8-10-23-19(24-18)26-11-9-14-12-15(22)6-7-16(14)26/h6-8,10,12,17H,9,11,13,22H2,1-5H3,(H,28,29). The van der Waals surface area contributed by atoms with Crippen LogP contribution in [-0.2, 0) is 6.42 Å². The molecule has 2 heterocycles. The molecule has 1 aromatic heterocycles. The summed E-state index contributed by atoms with van der Waals surface area (Å²) in [7, 11) is 3.93. The highest BCUT2D eigenvalue weighted by atomic mass is 16.4. The third-order valence-corrected chi connectivity index (χ3v) is 5.35. The quantitative estimate of drug-likeness (QED) is 0.746. The lowest BCUT2D eigenvalue weighted by molar-refractivity contribution is 0.151. The normalized spacial score (nSPS) is 14.8. The van der Waals surface area contributed by atoms with Crippen LogP contribution >= 0.6 is 0 Å². The van der Waals surface area contributed by atoms with E-state index in [0.717, 1.165) is 29.9 Å². The molecule has 1 aliphatic rings. The van der Waals surface area contributed by atoms with Crippen molar-refractivity contribution < 1.29 is 9.90 Å². The number of nitrogens with two attached hydrogens (primary N) is 1. The van der Waals surface area contributed by atoms with Crippen LogP contribution in [0.2, 0.25) is 0 Å². The molecule has 1 aliphatic heterocycles. The van der Waals surface area contributed by atoms with Crippen LogP contribution in [0.1, 0.15) is 26.3 Å². The van der Waals surface area contributed by atoms with Crippen molar-refractivity contribution in [3.63, 3.8) is 0 Å². The Kier molecular flexibility index (Phi) is 5.66. The van der Waals surface area contributed by atoms with Crippen LogP contribution in [0, 0.1) is 5.41 Å². The Labute approximate surface area is 172 Å². The summed E-state index contributed by atoms with van der Waals surface area (Å²) in [6.07, 6.45) is 1.44. The number of hydrogen-bond donors (Lipinski definition) is 2. The van der Waals surface area contributed by atoms with Gasteiger partial charge in [0.25, 0.3) is 0 Å². The Balaban J connectivity index is 1.92. The van der Waals surface area contributed by atoms with Crippen LogP contribution in [-0.4, -0.2) is 59.3 Å². The number of rotatable bonds is 5. The Bertz CT molecular complexity index is 893. The highest BCUT2D eigenvalue weighted by Crippen LogP contribution is 2.34. The number of hydrogen-bond acceptors (Lipinski definition) is 6. The summed E-state index contributed by atoms with van der Waals surface area (Å²) in [5.41, 5.74) is 8.69. The van der Waals surface area contributed by atoms with Gasteiger partial charge in [0.1, 0.15) is 5.82 Å². The van der Waals surface area contributed by atoms with Gasteiger partial charge in [0.2, 0.25) is 5.95 Å². The van der Waals surface area contributed by atoms with Gasteiger partial charge >= 0.3 is 6.09 Å². The van der Waals surface area contributed by atoms with Crippen molar-refractivity contribution in [2.75, 3.05) is 42.7 Å². The Morgan fingerprint density at radius 1 is 1.31 bits per heavy atom. The van der Waals surface area contributed by atoms with E-state index in [2.05, 4.69) is 35.6 Å². The van der Waals surface area contributed by atoms with Crippen LogP contribution in [0.5, 0.6) is 0 Å². The van der Waals surface area contributed by atoms with E-state index in [4.69, 9.17) is 5.73 Å². The van der Waals surface area contributed by atoms with Crippen LogP contribution in [0.15, 0.2) is 30.5 Å². The van der Waals surface area contributed by atoms with Gasteiger partial charge in [0, 0.05) is 36.7 Å². The smallest absolute Gasteiger partial charge is 0.413 e. The van der Waals surface area contributed by atoms with Gasteiger partial charge in [-0.15, -0.1) is 0 Å². The van der Waals surface area contributed by atoms with Gasteiger partial charge in [-0.05, 0) is 55.8 Å². The SMILES string of the molecule is CN(C)C(CN(C(=O)O)c1ccnc(N2CCc3cc(N)ccc32)n1)C(C)(C)C. The van der Waals surface area contributed by atoms with Crippen LogP contribution in [0.4, 0.5) is 27.9 Å². The van der Waals surface area contributed by atoms with Crippen molar-refractivity contribution in [3.8, 4) is 0 Å². The van der Waals surface area contributed by atoms with Gasteiger partial charge in [-0.3, -0.25) is 4.90 Å². The zero-order valence-corrected chi connectivity index (χ0v) is 17.8. The van der Waals surface area contributed by atoms with Crippen molar-refractivity contribution in [1.82, 2.24) is 14.9 Å². The minimum atomic E-state index is -1.03. The van der Waals surface area contributed by atoms with Gasteiger partial charge in [-0.1, -0.05) is 20.8 Å². The summed E-state index contributed by atoms with van der Waals surface area (Å²) in [4.78, 5) is 26.4. The lowest BCUT2D eigenvalue weighted by Crippen LogP contribution is -2.49. The van der Waals surface area contributed by atoms with Crippen LogP contribution in [0.3, 0.4) is 0 Å². The number of anilines is 4. The summed E-state index contributed by atoms with van der Waals surface area (Å²) >= 11 is 0. The number of carboxylic acid groups (broad SMARTS) is 1. The van der Waals surface area contributed by atoms with Gasteiger partial charge < -0.3 is 20.6 Å². The molecular formula is C21H30N6O2. The Morgan fingerprint density at radius 2 is 2.03 bits per heavy atom. The Hall–Kier alpha value is -2.87. The number of benzene rings is 1. The first kappa shape index (κ1) is 20.9. The van der Waals surface area contributed by atoms with E-state index in [0.29, 0.717) is 18.3 Å². The third kappa shape index (κ3) is 4.42. The van der Waals surface area contributed by atoms with E-state index >= 15 is 0 Å². The Morgan fingerprint density at radius 3 is 2.66 bits per heavy atom. The first-order valence-electron chi connectivity index (χ1n) is 9.74.